The summed E-state index contributed by atoms with van der Waals surface area (Å²) in [5.74, 6) is 1.05. The summed E-state index contributed by atoms with van der Waals surface area (Å²) in [4.78, 5) is 18.7. The average molecular weight is 375 g/mol. The number of pyridine rings is 1. The molecular formula is C14H19ClN4O4S. The lowest BCUT2D eigenvalue weighted by Gasteiger charge is -2.40. The highest BCUT2D eigenvalue weighted by molar-refractivity contribution is 7.91. The molecule has 1 aromatic rings. The van der Waals surface area contributed by atoms with E-state index in [9.17, 15) is 18.5 Å². The minimum Gasteiger partial charge on any atom is -0.355 e. The first-order valence-corrected chi connectivity index (χ1v) is 10.0. The summed E-state index contributed by atoms with van der Waals surface area (Å²) < 4.78 is 23.0. The molecule has 1 aromatic heterocycles. The second-order valence-electron chi connectivity index (χ2n) is 6.16. The van der Waals surface area contributed by atoms with Crippen LogP contribution < -0.4 is 4.90 Å². The molecule has 0 N–H and O–H groups in total. The molecule has 0 unspecified atom stereocenters. The highest BCUT2D eigenvalue weighted by Gasteiger charge is 2.30. The largest absolute Gasteiger partial charge is 0.355 e. The van der Waals surface area contributed by atoms with Crippen molar-refractivity contribution < 1.29 is 13.3 Å². The van der Waals surface area contributed by atoms with Gasteiger partial charge < -0.3 is 4.90 Å². The monoisotopic (exact) mass is 374 g/mol. The van der Waals surface area contributed by atoms with Gasteiger partial charge in [0.1, 0.15) is 12.0 Å². The minimum absolute atomic E-state index is 0.117. The van der Waals surface area contributed by atoms with E-state index in [1.165, 1.54) is 12.3 Å². The predicted octanol–water partition coefficient (Wildman–Crippen LogP) is 1.34. The van der Waals surface area contributed by atoms with Crippen molar-refractivity contribution in [2.45, 2.75) is 18.9 Å². The van der Waals surface area contributed by atoms with Crippen molar-refractivity contribution in [3.8, 4) is 0 Å². The maximum Gasteiger partial charge on any atom is 0.289 e. The van der Waals surface area contributed by atoms with Crippen molar-refractivity contribution in [3.63, 3.8) is 0 Å². The number of piperidine rings is 1. The van der Waals surface area contributed by atoms with Crippen LogP contribution in [0.5, 0.6) is 0 Å². The van der Waals surface area contributed by atoms with Crippen LogP contribution in [0.15, 0.2) is 12.3 Å². The van der Waals surface area contributed by atoms with E-state index in [1.807, 2.05) is 4.90 Å². The van der Waals surface area contributed by atoms with Crippen molar-refractivity contribution in [1.82, 2.24) is 9.88 Å². The zero-order valence-electron chi connectivity index (χ0n) is 13.1. The number of hydrogen-bond donors (Lipinski definition) is 0. The Kier molecular flexibility index (Phi) is 4.93. The lowest BCUT2D eigenvalue weighted by atomic mass is 10.0. The van der Waals surface area contributed by atoms with E-state index in [4.69, 9.17) is 11.6 Å². The Hall–Kier alpha value is -1.45. The topological polar surface area (TPSA) is 96.7 Å². The number of hydrogen-bond acceptors (Lipinski definition) is 7. The summed E-state index contributed by atoms with van der Waals surface area (Å²) >= 11 is 6.14. The normalized spacial score (nSPS) is 22.5. The summed E-state index contributed by atoms with van der Waals surface area (Å²) in [7, 11) is -2.86. The zero-order chi connectivity index (χ0) is 17.3. The Morgan fingerprint density at radius 3 is 2.38 bits per heavy atom. The molecule has 0 saturated carbocycles. The number of sulfone groups is 1. The highest BCUT2D eigenvalue weighted by Crippen LogP contribution is 2.30. The molecule has 2 saturated heterocycles. The van der Waals surface area contributed by atoms with E-state index in [0.717, 1.165) is 25.9 Å². The molecule has 0 bridgehead atoms. The number of rotatable bonds is 3. The summed E-state index contributed by atoms with van der Waals surface area (Å²) in [6.07, 6.45) is 3.02. The van der Waals surface area contributed by atoms with E-state index < -0.39 is 14.8 Å². The molecule has 3 rings (SSSR count). The lowest BCUT2D eigenvalue weighted by molar-refractivity contribution is -0.385. The van der Waals surface area contributed by atoms with Crippen molar-refractivity contribution >= 4 is 32.9 Å². The van der Waals surface area contributed by atoms with E-state index >= 15 is 0 Å². The molecule has 132 valence electrons. The predicted molar refractivity (Wildman–Crippen MR) is 91.4 cm³/mol. The third-order valence-electron chi connectivity index (χ3n) is 4.68. The molecule has 0 spiro atoms. The van der Waals surface area contributed by atoms with Crippen molar-refractivity contribution in [2.24, 2.45) is 0 Å². The van der Waals surface area contributed by atoms with Crippen LogP contribution >= 0.6 is 11.6 Å². The van der Waals surface area contributed by atoms with E-state index in [1.54, 1.807) is 0 Å². The van der Waals surface area contributed by atoms with Gasteiger partial charge in [-0.1, -0.05) is 11.6 Å². The minimum atomic E-state index is -2.86. The van der Waals surface area contributed by atoms with Gasteiger partial charge in [-0.15, -0.1) is 0 Å². The molecule has 0 aromatic carbocycles. The van der Waals surface area contributed by atoms with Gasteiger partial charge in [0.15, 0.2) is 9.84 Å². The number of aromatic nitrogens is 1. The van der Waals surface area contributed by atoms with E-state index in [0.29, 0.717) is 24.9 Å². The Morgan fingerprint density at radius 2 is 1.83 bits per heavy atom. The molecule has 2 aliphatic heterocycles. The molecule has 0 atom stereocenters. The van der Waals surface area contributed by atoms with Crippen molar-refractivity contribution in [2.75, 3.05) is 42.6 Å². The second kappa shape index (κ2) is 6.81. The molecule has 3 heterocycles. The number of halogens is 1. The Morgan fingerprint density at radius 1 is 1.21 bits per heavy atom. The molecule has 2 fully saturated rings. The smallest absolute Gasteiger partial charge is 0.289 e. The quantitative estimate of drug-likeness (QED) is 0.581. The van der Waals surface area contributed by atoms with E-state index in [2.05, 4.69) is 9.88 Å². The maximum atomic E-state index is 11.5. The maximum absolute atomic E-state index is 11.5. The summed E-state index contributed by atoms with van der Waals surface area (Å²) in [6.45, 7) is 2.70. The van der Waals surface area contributed by atoms with Crippen LogP contribution in [0.4, 0.5) is 11.5 Å². The van der Waals surface area contributed by atoms with Gasteiger partial charge in [-0.3, -0.25) is 15.0 Å². The molecular weight excluding hydrogens is 356 g/mol. The van der Waals surface area contributed by atoms with Crippen molar-refractivity contribution in [3.05, 3.63) is 27.4 Å². The van der Waals surface area contributed by atoms with Crippen LogP contribution in [0.1, 0.15) is 12.8 Å². The van der Waals surface area contributed by atoms with Gasteiger partial charge in [0, 0.05) is 38.3 Å². The molecule has 24 heavy (non-hydrogen) atoms. The molecule has 2 aliphatic rings. The summed E-state index contributed by atoms with van der Waals surface area (Å²) in [6, 6.07) is 1.69. The van der Waals surface area contributed by atoms with Crippen molar-refractivity contribution in [1.29, 1.82) is 0 Å². The van der Waals surface area contributed by atoms with Gasteiger partial charge in [-0.25, -0.2) is 13.4 Å². The van der Waals surface area contributed by atoms with Gasteiger partial charge >= 0.3 is 0 Å². The van der Waals surface area contributed by atoms with Gasteiger partial charge in [-0.2, -0.15) is 0 Å². The Balaban J connectivity index is 1.60. The fourth-order valence-electron chi connectivity index (χ4n) is 3.29. The van der Waals surface area contributed by atoms with Crippen LogP contribution in [-0.4, -0.2) is 67.0 Å². The molecule has 0 aliphatic carbocycles. The standard InChI is InChI=1S/C14H19ClN4O4S/c15-13-9-12(19(20)21)10-16-14(13)18-3-1-11(2-4-18)17-5-7-24(22,23)8-6-17/h9-11H,1-8H2. The third kappa shape index (κ3) is 3.79. The van der Waals surface area contributed by atoms with Gasteiger partial charge in [0.25, 0.3) is 5.69 Å². The van der Waals surface area contributed by atoms with Gasteiger partial charge in [-0.05, 0) is 12.8 Å². The fraction of sp³-hybridized carbons (Fsp3) is 0.643. The lowest BCUT2D eigenvalue weighted by Crippen LogP contribution is -2.50. The molecule has 0 radical (unpaired) electrons. The van der Waals surface area contributed by atoms with Gasteiger partial charge in [0.2, 0.25) is 0 Å². The third-order valence-corrected chi connectivity index (χ3v) is 6.56. The van der Waals surface area contributed by atoms with Crippen LogP contribution in [0.3, 0.4) is 0 Å². The van der Waals surface area contributed by atoms with E-state index in [-0.39, 0.29) is 22.2 Å². The molecule has 8 nitrogen and oxygen atoms in total. The Labute approximate surface area is 145 Å². The zero-order valence-corrected chi connectivity index (χ0v) is 14.7. The first kappa shape index (κ1) is 17.4. The SMILES string of the molecule is O=[N+]([O-])c1cnc(N2CCC(N3CCS(=O)(=O)CC3)CC2)c(Cl)c1. The number of nitrogens with zero attached hydrogens (tertiary/aromatic N) is 4. The Bertz CT molecular complexity index is 720. The highest BCUT2D eigenvalue weighted by atomic mass is 35.5. The van der Waals surface area contributed by atoms with Crippen LogP contribution in [-0.2, 0) is 9.84 Å². The molecule has 10 heteroatoms. The number of nitro groups is 1. The number of anilines is 1. The molecule has 0 amide bonds. The first-order chi connectivity index (χ1) is 11.4. The van der Waals surface area contributed by atoms with Crippen LogP contribution in [0, 0.1) is 10.1 Å². The first-order valence-electron chi connectivity index (χ1n) is 7.85. The summed E-state index contributed by atoms with van der Waals surface area (Å²) in [5, 5.41) is 11.0. The van der Waals surface area contributed by atoms with Crippen LogP contribution in [0.2, 0.25) is 5.02 Å². The van der Waals surface area contributed by atoms with Crippen LogP contribution in [0.25, 0.3) is 0 Å². The average Bonchev–Trinajstić information content (AvgIpc) is 2.55. The summed E-state index contributed by atoms with van der Waals surface area (Å²) in [5.41, 5.74) is -0.117. The fourth-order valence-corrected chi connectivity index (χ4v) is 4.80. The second-order valence-corrected chi connectivity index (χ2v) is 8.87. The van der Waals surface area contributed by atoms with Gasteiger partial charge in [0.05, 0.1) is 21.5 Å².